The van der Waals surface area contributed by atoms with Crippen molar-refractivity contribution >= 4 is 22.7 Å². The van der Waals surface area contributed by atoms with E-state index in [-0.39, 0.29) is 0 Å². The second kappa shape index (κ2) is 3.70. The molecular formula is C11H12N2S2. The van der Waals surface area contributed by atoms with Gasteiger partial charge in [-0.3, -0.25) is 0 Å². The molecule has 1 N–H and O–H groups in total. The van der Waals surface area contributed by atoms with Gasteiger partial charge in [0.1, 0.15) is 0 Å². The van der Waals surface area contributed by atoms with E-state index in [1.165, 1.54) is 20.5 Å². The van der Waals surface area contributed by atoms with E-state index in [1.807, 2.05) is 22.7 Å². The molecule has 0 saturated heterocycles. The predicted octanol–water partition coefficient (Wildman–Crippen LogP) is 2.75. The highest BCUT2D eigenvalue weighted by atomic mass is 32.1. The molecule has 0 aromatic carbocycles. The zero-order chi connectivity index (χ0) is 10.3. The fraction of sp³-hybridized carbons (Fsp3) is 0.364. The SMILES string of the molecule is Cc1nc2c(s1)C(c1cccs1)NCC2. The monoisotopic (exact) mass is 236 g/mol. The first-order valence-corrected chi connectivity index (χ1v) is 6.77. The van der Waals surface area contributed by atoms with E-state index in [1.54, 1.807) is 0 Å². The number of thiazole rings is 1. The maximum absolute atomic E-state index is 4.59. The summed E-state index contributed by atoms with van der Waals surface area (Å²) in [7, 11) is 0. The lowest BCUT2D eigenvalue weighted by Gasteiger charge is -2.21. The van der Waals surface area contributed by atoms with Crippen LogP contribution in [-0.2, 0) is 6.42 Å². The molecule has 0 aliphatic carbocycles. The maximum Gasteiger partial charge on any atom is 0.0900 e. The van der Waals surface area contributed by atoms with Crippen molar-refractivity contribution in [3.05, 3.63) is 38.0 Å². The van der Waals surface area contributed by atoms with Crippen LogP contribution in [0.15, 0.2) is 17.5 Å². The van der Waals surface area contributed by atoms with Crippen molar-refractivity contribution in [3.8, 4) is 0 Å². The first-order chi connectivity index (χ1) is 7.34. The molecule has 0 amide bonds. The number of nitrogens with one attached hydrogen (secondary N) is 1. The molecule has 0 radical (unpaired) electrons. The number of nitrogens with zero attached hydrogens (tertiary/aromatic N) is 1. The summed E-state index contributed by atoms with van der Waals surface area (Å²) in [6.07, 6.45) is 1.07. The molecule has 1 aliphatic rings. The Kier molecular flexibility index (Phi) is 2.35. The molecule has 0 spiro atoms. The minimum Gasteiger partial charge on any atom is -0.304 e. The Morgan fingerprint density at radius 2 is 2.47 bits per heavy atom. The molecular weight excluding hydrogens is 224 g/mol. The van der Waals surface area contributed by atoms with Crippen LogP contribution in [0.25, 0.3) is 0 Å². The van der Waals surface area contributed by atoms with Gasteiger partial charge in [-0.1, -0.05) is 6.07 Å². The highest BCUT2D eigenvalue weighted by molar-refractivity contribution is 7.12. The van der Waals surface area contributed by atoms with Gasteiger partial charge < -0.3 is 5.32 Å². The Bertz CT molecular complexity index is 459. The van der Waals surface area contributed by atoms with Gasteiger partial charge in [0.05, 0.1) is 21.6 Å². The molecule has 15 heavy (non-hydrogen) atoms. The van der Waals surface area contributed by atoms with E-state index in [9.17, 15) is 0 Å². The number of hydrogen-bond acceptors (Lipinski definition) is 4. The van der Waals surface area contributed by atoms with Crippen LogP contribution in [0.2, 0.25) is 0 Å². The molecule has 3 rings (SSSR count). The Balaban J connectivity index is 2.06. The summed E-state index contributed by atoms with van der Waals surface area (Å²) in [4.78, 5) is 7.41. The Labute approximate surface area is 97.0 Å². The molecule has 2 nitrogen and oxygen atoms in total. The fourth-order valence-corrected chi connectivity index (χ4v) is 3.95. The van der Waals surface area contributed by atoms with E-state index >= 15 is 0 Å². The molecule has 0 saturated carbocycles. The third-order valence-electron chi connectivity index (χ3n) is 2.63. The van der Waals surface area contributed by atoms with E-state index < -0.39 is 0 Å². The number of fused-ring (bicyclic) bond motifs is 1. The van der Waals surface area contributed by atoms with Crippen LogP contribution in [0.5, 0.6) is 0 Å². The van der Waals surface area contributed by atoms with Crippen molar-refractivity contribution in [1.29, 1.82) is 0 Å². The largest absolute Gasteiger partial charge is 0.304 e. The summed E-state index contributed by atoms with van der Waals surface area (Å²) in [6.45, 7) is 3.13. The Hall–Kier alpha value is -0.710. The summed E-state index contributed by atoms with van der Waals surface area (Å²) in [5.74, 6) is 0. The Morgan fingerprint density at radius 3 is 3.27 bits per heavy atom. The van der Waals surface area contributed by atoms with Gasteiger partial charge in [0.15, 0.2) is 0 Å². The zero-order valence-corrected chi connectivity index (χ0v) is 10.1. The highest BCUT2D eigenvalue weighted by Crippen LogP contribution is 2.34. The van der Waals surface area contributed by atoms with Crippen LogP contribution < -0.4 is 5.32 Å². The molecule has 1 unspecified atom stereocenters. The molecule has 2 aromatic rings. The number of thiophene rings is 1. The molecule has 0 fully saturated rings. The second-order valence-corrected chi connectivity index (χ2v) is 5.91. The van der Waals surface area contributed by atoms with Gasteiger partial charge in [0.25, 0.3) is 0 Å². The van der Waals surface area contributed by atoms with E-state index in [0.29, 0.717) is 6.04 Å². The van der Waals surface area contributed by atoms with E-state index in [0.717, 1.165) is 13.0 Å². The first kappa shape index (κ1) is 9.51. The molecule has 1 aliphatic heterocycles. The lowest BCUT2D eigenvalue weighted by atomic mass is 10.1. The number of aromatic nitrogens is 1. The average molecular weight is 236 g/mol. The Morgan fingerprint density at radius 1 is 1.53 bits per heavy atom. The van der Waals surface area contributed by atoms with Crippen LogP contribution in [0.1, 0.15) is 26.5 Å². The standard InChI is InChI=1S/C11H12N2S2/c1-7-13-8-4-5-12-10(11(8)15-7)9-3-2-6-14-9/h2-3,6,10,12H,4-5H2,1H3. The van der Waals surface area contributed by atoms with Crippen LogP contribution in [0, 0.1) is 6.92 Å². The van der Waals surface area contributed by atoms with Crippen LogP contribution in [0.3, 0.4) is 0 Å². The molecule has 1 atom stereocenters. The van der Waals surface area contributed by atoms with Gasteiger partial charge in [-0.05, 0) is 18.4 Å². The smallest absolute Gasteiger partial charge is 0.0900 e. The summed E-state index contributed by atoms with van der Waals surface area (Å²) in [6, 6.07) is 4.70. The van der Waals surface area contributed by atoms with Crippen molar-refractivity contribution in [2.24, 2.45) is 0 Å². The van der Waals surface area contributed by atoms with Gasteiger partial charge >= 0.3 is 0 Å². The molecule has 2 aromatic heterocycles. The van der Waals surface area contributed by atoms with Gasteiger partial charge in [-0.2, -0.15) is 0 Å². The van der Waals surface area contributed by atoms with Crippen LogP contribution in [-0.4, -0.2) is 11.5 Å². The number of hydrogen-bond donors (Lipinski definition) is 1. The summed E-state index contributed by atoms with van der Waals surface area (Å²) in [5, 5.41) is 6.90. The summed E-state index contributed by atoms with van der Waals surface area (Å²) < 4.78 is 0. The van der Waals surface area contributed by atoms with Gasteiger partial charge in [0.2, 0.25) is 0 Å². The molecule has 4 heteroatoms. The van der Waals surface area contributed by atoms with Crippen LogP contribution >= 0.6 is 22.7 Å². The maximum atomic E-state index is 4.59. The van der Waals surface area contributed by atoms with Crippen LogP contribution in [0.4, 0.5) is 0 Å². The fourth-order valence-electron chi connectivity index (χ4n) is 2.00. The molecule has 3 heterocycles. The third kappa shape index (κ3) is 1.62. The predicted molar refractivity (Wildman–Crippen MR) is 64.7 cm³/mol. The lowest BCUT2D eigenvalue weighted by molar-refractivity contribution is 0.577. The average Bonchev–Trinajstić information content (AvgIpc) is 2.82. The van der Waals surface area contributed by atoms with Gasteiger partial charge in [0, 0.05) is 17.8 Å². The highest BCUT2D eigenvalue weighted by Gasteiger charge is 2.25. The lowest BCUT2D eigenvalue weighted by Crippen LogP contribution is -2.29. The number of rotatable bonds is 1. The number of aryl methyl sites for hydroxylation is 1. The zero-order valence-electron chi connectivity index (χ0n) is 8.49. The topological polar surface area (TPSA) is 24.9 Å². The summed E-state index contributed by atoms with van der Waals surface area (Å²) in [5.41, 5.74) is 1.30. The second-order valence-electron chi connectivity index (χ2n) is 3.70. The third-order valence-corrected chi connectivity index (χ3v) is 4.65. The van der Waals surface area contributed by atoms with E-state index in [2.05, 4.69) is 34.7 Å². The molecule has 0 bridgehead atoms. The minimum absolute atomic E-state index is 0.389. The van der Waals surface area contributed by atoms with Gasteiger partial charge in [-0.15, -0.1) is 22.7 Å². The quantitative estimate of drug-likeness (QED) is 0.823. The minimum atomic E-state index is 0.389. The normalized spacial score (nSPS) is 20.2. The molecule has 78 valence electrons. The summed E-state index contributed by atoms with van der Waals surface area (Å²) >= 11 is 3.65. The van der Waals surface area contributed by atoms with Crippen molar-refractivity contribution in [2.75, 3.05) is 6.54 Å². The van der Waals surface area contributed by atoms with Crippen molar-refractivity contribution in [3.63, 3.8) is 0 Å². The first-order valence-electron chi connectivity index (χ1n) is 5.07. The van der Waals surface area contributed by atoms with Crippen molar-refractivity contribution < 1.29 is 0 Å². The van der Waals surface area contributed by atoms with Gasteiger partial charge in [-0.25, -0.2) is 4.98 Å². The van der Waals surface area contributed by atoms with Crippen molar-refractivity contribution in [1.82, 2.24) is 10.3 Å². The van der Waals surface area contributed by atoms with Crippen molar-refractivity contribution in [2.45, 2.75) is 19.4 Å². The van der Waals surface area contributed by atoms with E-state index in [4.69, 9.17) is 0 Å².